The third-order valence-electron chi connectivity index (χ3n) is 7.48. The molecule has 1 saturated carbocycles. The Morgan fingerprint density at radius 3 is 2.50 bits per heavy atom. The second-order valence-electron chi connectivity index (χ2n) is 9.52. The van der Waals surface area contributed by atoms with Crippen LogP contribution in [0.5, 0.6) is 0 Å². The molecule has 0 amide bonds. The van der Waals surface area contributed by atoms with E-state index in [0.29, 0.717) is 17.4 Å². The fraction of sp³-hybridized carbons (Fsp3) is 0.955. The summed E-state index contributed by atoms with van der Waals surface area (Å²) < 4.78 is 0. The van der Waals surface area contributed by atoms with E-state index in [1.165, 1.54) is 62.9 Å². The molecule has 140 valence electrons. The molecule has 1 nitrogen and oxygen atoms in total. The summed E-state index contributed by atoms with van der Waals surface area (Å²) in [5.74, 6) is 3.18. The highest BCUT2D eigenvalue weighted by Gasteiger charge is 2.40. The molecule has 5 unspecified atom stereocenters. The number of piperidine rings is 1. The first-order chi connectivity index (χ1) is 11.3. The van der Waals surface area contributed by atoms with Crippen molar-refractivity contribution in [2.24, 2.45) is 29.1 Å². The summed E-state index contributed by atoms with van der Waals surface area (Å²) >= 11 is 6.01. The predicted molar refractivity (Wildman–Crippen MR) is 110 cm³/mol. The number of likely N-dealkylation sites (tertiary alicyclic amines) is 1. The molecule has 1 aliphatic heterocycles. The number of nitrogens with zero attached hydrogens (tertiary/aromatic N) is 1. The van der Waals surface area contributed by atoms with Gasteiger partial charge in [-0.05, 0) is 62.7 Å². The first kappa shape index (κ1) is 20.2. The van der Waals surface area contributed by atoms with Gasteiger partial charge < -0.3 is 4.90 Å². The van der Waals surface area contributed by atoms with Crippen molar-refractivity contribution in [1.82, 2.24) is 4.90 Å². The summed E-state index contributed by atoms with van der Waals surface area (Å²) in [7, 11) is 0. The van der Waals surface area contributed by atoms with E-state index in [2.05, 4.69) is 46.4 Å². The standard InChI is InChI=1S/C22H41NS/c1-7-18(5)22(6)13-11-17(4)9-8-10-20-19(15-22)12-14-23(16(2)3)21(20)24/h16-20H,7-15H2,1-6H3. The molecule has 0 aromatic rings. The van der Waals surface area contributed by atoms with Gasteiger partial charge in [0, 0.05) is 18.5 Å². The van der Waals surface area contributed by atoms with Crippen LogP contribution in [0.1, 0.15) is 92.9 Å². The lowest BCUT2D eigenvalue weighted by Gasteiger charge is -2.47. The molecule has 0 bridgehead atoms. The Hall–Kier alpha value is -0.110. The Balaban J connectivity index is 2.23. The SMILES string of the molecule is CCC(C)C1(C)CCC(C)CCCC2C(=S)N(C(C)C)CCC2C1. The Morgan fingerprint density at radius 2 is 1.88 bits per heavy atom. The lowest BCUT2D eigenvalue weighted by atomic mass is 9.63. The third kappa shape index (κ3) is 4.54. The fourth-order valence-electron chi connectivity index (χ4n) is 5.20. The molecule has 2 aliphatic rings. The molecule has 0 spiro atoms. The zero-order valence-electron chi connectivity index (χ0n) is 17.1. The summed E-state index contributed by atoms with van der Waals surface area (Å²) in [6, 6.07) is 0.564. The van der Waals surface area contributed by atoms with Crippen molar-refractivity contribution in [3.05, 3.63) is 0 Å². The van der Waals surface area contributed by atoms with Crippen LogP contribution in [0.4, 0.5) is 0 Å². The van der Waals surface area contributed by atoms with E-state index < -0.39 is 0 Å². The van der Waals surface area contributed by atoms with Gasteiger partial charge in [-0.25, -0.2) is 0 Å². The van der Waals surface area contributed by atoms with Crippen molar-refractivity contribution >= 4 is 17.2 Å². The van der Waals surface area contributed by atoms with E-state index in [-0.39, 0.29) is 0 Å². The van der Waals surface area contributed by atoms with Gasteiger partial charge in [0.25, 0.3) is 0 Å². The Morgan fingerprint density at radius 1 is 1.17 bits per heavy atom. The maximum absolute atomic E-state index is 6.01. The van der Waals surface area contributed by atoms with Crippen molar-refractivity contribution in [3.8, 4) is 0 Å². The second kappa shape index (κ2) is 8.52. The van der Waals surface area contributed by atoms with Gasteiger partial charge in [0.1, 0.15) is 0 Å². The molecule has 0 radical (unpaired) electrons. The zero-order valence-corrected chi connectivity index (χ0v) is 17.9. The van der Waals surface area contributed by atoms with E-state index in [1.54, 1.807) is 0 Å². The topological polar surface area (TPSA) is 3.24 Å². The predicted octanol–water partition coefficient (Wildman–Crippen LogP) is 6.70. The van der Waals surface area contributed by atoms with Crippen molar-refractivity contribution in [2.45, 2.75) is 99.0 Å². The number of fused-ring (bicyclic) bond motifs is 1. The minimum atomic E-state index is 0.499. The van der Waals surface area contributed by atoms with Gasteiger partial charge >= 0.3 is 0 Å². The minimum absolute atomic E-state index is 0.499. The van der Waals surface area contributed by atoms with Crippen LogP contribution < -0.4 is 0 Å². The van der Waals surface area contributed by atoms with E-state index in [4.69, 9.17) is 12.2 Å². The second-order valence-corrected chi connectivity index (χ2v) is 9.94. The third-order valence-corrected chi connectivity index (χ3v) is 8.02. The van der Waals surface area contributed by atoms with Gasteiger partial charge in [-0.1, -0.05) is 65.6 Å². The van der Waals surface area contributed by atoms with Gasteiger partial charge in [0.05, 0.1) is 4.99 Å². The van der Waals surface area contributed by atoms with E-state index >= 15 is 0 Å². The van der Waals surface area contributed by atoms with Crippen molar-refractivity contribution < 1.29 is 0 Å². The molecule has 2 fully saturated rings. The van der Waals surface area contributed by atoms with Crippen LogP contribution in [0.25, 0.3) is 0 Å². The van der Waals surface area contributed by atoms with Crippen LogP contribution in [0.15, 0.2) is 0 Å². The molecule has 0 N–H and O–H groups in total. The molecule has 2 rings (SSSR count). The van der Waals surface area contributed by atoms with Crippen molar-refractivity contribution in [3.63, 3.8) is 0 Å². The number of thiocarbonyl (C=S) groups is 1. The van der Waals surface area contributed by atoms with E-state index in [9.17, 15) is 0 Å². The molecular weight excluding hydrogens is 310 g/mol. The lowest BCUT2D eigenvalue weighted by molar-refractivity contribution is 0.0838. The molecule has 2 heteroatoms. The minimum Gasteiger partial charge on any atom is -0.363 e. The maximum atomic E-state index is 6.01. The molecule has 24 heavy (non-hydrogen) atoms. The van der Waals surface area contributed by atoms with Gasteiger partial charge in [0.15, 0.2) is 0 Å². The summed E-state index contributed by atoms with van der Waals surface area (Å²) in [5.41, 5.74) is 0.499. The molecular formula is C22H41NS. The Labute approximate surface area is 157 Å². The summed E-state index contributed by atoms with van der Waals surface area (Å²) in [4.78, 5) is 3.81. The van der Waals surface area contributed by atoms with Crippen molar-refractivity contribution in [1.29, 1.82) is 0 Å². The van der Waals surface area contributed by atoms with Gasteiger partial charge in [-0.3, -0.25) is 0 Å². The largest absolute Gasteiger partial charge is 0.363 e. The molecule has 0 aromatic carbocycles. The maximum Gasteiger partial charge on any atom is 0.0815 e. The quantitative estimate of drug-likeness (QED) is 0.520. The van der Waals surface area contributed by atoms with Crippen LogP contribution >= 0.6 is 12.2 Å². The highest BCUT2D eigenvalue weighted by molar-refractivity contribution is 7.80. The summed E-state index contributed by atoms with van der Waals surface area (Å²) in [5, 5.41) is 0. The first-order valence-electron chi connectivity index (χ1n) is 10.6. The van der Waals surface area contributed by atoms with E-state index in [1.807, 2.05) is 0 Å². The molecule has 0 aromatic heterocycles. The normalized spacial score (nSPS) is 37.2. The average Bonchev–Trinajstić information content (AvgIpc) is 2.54. The molecule has 1 aliphatic carbocycles. The van der Waals surface area contributed by atoms with Crippen LogP contribution in [0, 0.1) is 29.1 Å². The zero-order chi connectivity index (χ0) is 17.9. The van der Waals surface area contributed by atoms with Gasteiger partial charge in [-0.15, -0.1) is 0 Å². The average molecular weight is 352 g/mol. The summed E-state index contributed by atoms with van der Waals surface area (Å²) in [6.07, 6.45) is 11.0. The highest BCUT2D eigenvalue weighted by Crippen LogP contribution is 2.47. The van der Waals surface area contributed by atoms with Crippen LogP contribution in [-0.2, 0) is 0 Å². The smallest absolute Gasteiger partial charge is 0.0815 e. The fourth-order valence-corrected chi connectivity index (χ4v) is 5.81. The van der Waals surface area contributed by atoms with Crippen LogP contribution in [-0.4, -0.2) is 22.5 Å². The summed E-state index contributed by atoms with van der Waals surface area (Å²) in [6.45, 7) is 15.7. The number of hydrogen-bond acceptors (Lipinski definition) is 1. The van der Waals surface area contributed by atoms with Gasteiger partial charge in [-0.2, -0.15) is 0 Å². The number of rotatable bonds is 3. The molecule has 1 heterocycles. The lowest BCUT2D eigenvalue weighted by Crippen LogP contribution is -2.49. The van der Waals surface area contributed by atoms with E-state index in [0.717, 1.165) is 17.8 Å². The Kier molecular flexibility index (Phi) is 7.17. The number of hydrogen-bond donors (Lipinski definition) is 0. The highest BCUT2D eigenvalue weighted by atomic mass is 32.1. The monoisotopic (exact) mass is 351 g/mol. The Bertz CT molecular complexity index is 418. The molecule has 5 atom stereocenters. The first-order valence-corrected chi connectivity index (χ1v) is 11.0. The molecule has 1 saturated heterocycles. The van der Waals surface area contributed by atoms with Crippen molar-refractivity contribution in [2.75, 3.05) is 6.54 Å². The van der Waals surface area contributed by atoms with Crippen LogP contribution in [0.3, 0.4) is 0 Å². The van der Waals surface area contributed by atoms with Gasteiger partial charge in [0.2, 0.25) is 0 Å². The van der Waals surface area contributed by atoms with Crippen LogP contribution in [0.2, 0.25) is 0 Å².